The average Bonchev–Trinajstić information content (AvgIpc) is 2.14. The first-order chi connectivity index (χ1) is 3.83. The van der Waals surface area contributed by atoms with Gasteiger partial charge in [0.1, 0.15) is 0 Å². The third-order valence-electron chi connectivity index (χ3n) is 0.957. The number of hydrogen-bond acceptors (Lipinski definition) is 2. The van der Waals surface area contributed by atoms with Crippen molar-refractivity contribution >= 4 is 15.9 Å². The Balaban J connectivity index is 2.34. The van der Waals surface area contributed by atoms with Crippen molar-refractivity contribution in [1.29, 1.82) is 0 Å². The lowest BCUT2D eigenvalue weighted by molar-refractivity contribution is -0.0661. The summed E-state index contributed by atoms with van der Waals surface area (Å²) in [5.41, 5.74) is 0. The summed E-state index contributed by atoms with van der Waals surface area (Å²) in [5, 5.41) is 9.45. The van der Waals surface area contributed by atoms with Crippen molar-refractivity contribution in [1.82, 2.24) is 0 Å². The SMILES string of the molecule is O[C@@H]1C=C[C@@H](CBr)O1. The molecule has 2 atom stereocenters. The van der Waals surface area contributed by atoms with Crippen molar-refractivity contribution in [2.45, 2.75) is 12.4 Å². The fraction of sp³-hybridized carbons (Fsp3) is 0.600. The molecule has 0 amide bonds. The van der Waals surface area contributed by atoms with Crippen molar-refractivity contribution < 1.29 is 9.84 Å². The van der Waals surface area contributed by atoms with Gasteiger partial charge in [-0.2, -0.15) is 0 Å². The maximum Gasteiger partial charge on any atom is 0.174 e. The Morgan fingerprint density at radius 2 is 2.38 bits per heavy atom. The van der Waals surface area contributed by atoms with Gasteiger partial charge in [0.25, 0.3) is 0 Å². The zero-order valence-corrected chi connectivity index (χ0v) is 5.84. The second-order valence-electron chi connectivity index (χ2n) is 1.60. The van der Waals surface area contributed by atoms with Crippen LogP contribution in [0.25, 0.3) is 0 Å². The summed E-state index contributed by atoms with van der Waals surface area (Å²) in [6.45, 7) is 0. The third kappa shape index (κ3) is 1.31. The number of aliphatic hydroxyl groups excluding tert-OH is 1. The van der Waals surface area contributed by atoms with Crippen LogP contribution in [0.2, 0.25) is 0 Å². The molecule has 1 aliphatic heterocycles. The highest BCUT2D eigenvalue weighted by Crippen LogP contribution is 2.10. The van der Waals surface area contributed by atoms with E-state index in [0.717, 1.165) is 5.33 Å². The second kappa shape index (κ2) is 2.62. The van der Waals surface area contributed by atoms with Crippen LogP contribution in [0.5, 0.6) is 0 Å². The molecule has 0 aromatic carbocycles. The van der Waals surface area contributed by atoms with E-state index in [4.69, 9.17) is 9.84 Å². The minimum Gasteiger partial charge on any atom is -0.365 e. The highest BCUT2D eigenvalue weighted by atomic mass is 79.9. The number of hydrogen-bond donors (Lipinski definition) is 1. The van der Waals surface area contributed by atoms with E-state index in [1.165, 1.54) is 0 Å². The van der Waals surface area contributed by atoms with E-state index in [0.29, 0.717) is 0 Å². The molecular weight excluding hydrogens is 172 g/mol. The Morgan fingerprint density at radius 1 is 1.62 bits per heavy atom. The van der Waals surface area contributed by atoms with Gasteiger partial charge in [-0.15, -0.1) is 0 Å². The molecule has 8 heavy (non-hydrogen) atoms. The van der Waals surface area contributed by atoms with Crippen LogP contribution in [-0.2, 0) is 4.74 Å². The Morgan fingerprint density at radius 3 is 2.62 bits per heavy atom. The molecular formula is C5H7BrO2. The van der Waals surface area contributed by atoms with Crippen molar-refractivity contribution in [2.75, 3.05) is 5.33 Å². The second-order valence-corrected chi connectivity index (χ2v) is 2.25. The molecule has 1 heterocycles. The largest absolute Gasteiger partial charge is 0.365 e. The maximum atomic E-state index is 8.70. The molecule has 2 nitrogen and oxygen atoms in total. The standard InChI is InChI=1S/C5H7BrO2/c6-3-4-1-2-5(7)8-4/h1-2,4-5,7H,3H2/t4-,5-/m0/s1. The van der Waals surface area contributed by atoms with Gasteiger partial charge in [-0.05, 0) is 6.08 Å². The number of ether oxygens (including phenoxy) is 1. The van der Waals surface area contributed by atoms with Gasteiger partial charge in [0, 0.05) is 5.33 Å². The van der Waals surface area contributed by atoms with E-state index in [9.17, 15) is 0 Å². The van der Waals surface area contributed by atoms with Gasteiger partial charge < -0.3 is 9.84 Å². The molecule has 0 aliphatic carbocycles. The fourth-order valence-electron chi connectivity index (χ4n) is 0.577. The van der Waals surface area contributed by atoms with Crippen molar-refractivity contribution in [2.24, 2.45) is 0 Å². The van der Waals surface area contributed by atoms with Crippen LogP contribution >= 0.6 is 15.9 Å². The Bertz CT molecular complexity index is 103. The number of halogens is 1. The molecule has 0 saturated heterocycles. The van der Waals surface area contributed by atoms with Crippen molar-refractivity contribution in [3.8, 4) is 0 Å². The third-order valence-corrected chi connectivity index (χ3v) is 1.59. The zero-order valence-electron chi connectivity index (χ0n) is 4.25. The van der Waals surface area contributed by atoms with Gasteiger partial charge in [-0.1, -0.05) is 22.0 Å². The molecule has 0 aromatic heterocycles. The minimum atomic E-state index is -0.683. The van der Waals surface area contributed by atoms with Crippen LogP contribution in [0.15, 0.2) is 12.2 Å². The van der Waals surface area contributed by atoms with Gasteiger partial charge in [-0.3, -0.25) is 0 Å². The lowest BCUT2D eigenvalue weighted by Crippen LogP contribution is -2.11. The lowest BCUT2D eigenvalue weighted by Gasteiger charge is -2.04. The predicted octanol–water partition coefficient (Wildman–Crippen LogP) is 0.655. The molecule has 1 aliphatic rings. The summed E-state index contributed by atoms with van der Waals surface area (Å²) < 4.78 is 4.91. The number of aliphatic hydroxyl groups is 1. The Hall–Kier alpha value is 0.140. The molecule has 0 bridgehead atoms. The minimum absolute atomic E-state index is 0.0602. The molecule has 0 radical (unpaired) electrons. The molecule has 1 N–H and O–H groups in total. The van der Waals surface area contributed by atoms with E-state index in [1.807, 2.05) is 6.08 Å². The first-order valence-corrected chi connectivity index (χ1v) is 3.53. The topological polar surface area (TPSA) is 29.5 Å². The molecule has 0 unspecified atom stereocenters. The van der Waals surface area contributed by atoms with Crippen LogP contribution in [-0.4, -0.2) is 22.8 Å². The molecule has 46 valence electrons. The molecule has 0 fully saturated rings. The normalized spacial score (nSPS) is 36.2. The van der Waals surface area contributed by atoms with Gasteiger partial charge in [0.15, 0.2) is 6.29 Å². The molecule has 0 spiro atoms. The summed E-state index contributed by atoms with van der Waals surface area (Å²) in [7, 11) is 0. The molecule has 3 heteroatoms. The first kappa shape index (κ1) is 6.26. The van der Waals surface area contributed by atoms with Gasteiger partial charge in [0.05, 0.1) is 6.10 Å². The summed E-state index contributed by atoms with van der Waals surface area (Å²) in [6.07, 6.45) is 2.84. The van der Waals surface area contributed by atoms with E-state index in [1.54, 1.807) is 6.08 Å². The van der Waals surface area contributed by atoms with Crippen molar-refractivity contribution in [3.05, 3.63) is 12.2 Å². The highest BCUT2D eigenvalue weighted by molar-refractivity contribution is 9.09. The van der Waals surface area contributed by atoms with Crippen LogP contribution in [0.1, 0.15) is 0 Å². The van der Waals surface area contributed by atoms with E-state index >= 15 is 0 Å². The van der Waals surface area contributed by atoms with Crippen LogP contribution in [0, 0.1) is 0 Å². The predicted molar refractivity (Wildman–Crippen MR) is 33.8 cm³/mol. The Labute approximate surface area is 56.3 Å². The first-order valence-electron chi connectivity index (χ1n) is 2.41. The zero-order chi connectivity index (χ0) is 5.98. The summed E-state index contributed by atoms with van der Waals surface area (Å²) in [4.78, 5) is 0. The monoisotopic (exact) mass is 178 g/mol. The van der Waals surface area contributed by atoms with E-state index in [2.05, 4.69) is 15.9 Å². The molecule has 0 saturated carbocycles. The summed E-state index contributed by atoms with van der Waals surface area (Å²) >= 11 is 3.22. The maximum absolute atomic E-state index is 8.70. The van der Waals surface area contributed by atoms with Gasteiger partial charge >= 0.3 is 0 Å². The lowest BCUT2D eigenvalue weighted by atomic mass is 10.4. The number of rotatable bonds is 1. The smallest absolute Gasteiger partial charge is 0.174 e. The fourth-order valence-corrected chi connectivity index (χ4v) is 0.945. The molecule has 1 rings (SSSR count). The quantitative estimate of drug-likeness (QED) is 0.473. The molecule has 0 aromatic rings. The van der Waals surface area contributed by atoms with Crippen LogP contribution in [0.3, 0.4) is 0 Å². The summed E-state index contributed by atoms with van der Waals surface area (Å²) in [6, 6.07) is 0. The average molecular weight is 179 g/mol. The van der Waals surface area contributed by atoms with Crippen LogP contribution < -0.4 is 0 Å². The summed E-state index contributed by atoms with van der Waals surface area (Å²) in [5.74, 6) is 0. The van der Waals surface area contributed by atoms with E-state index in [-0.39, 0.29) is 6.10 Å². The van der Waals surface area contributed by atoms with Crippen LogP contribution in [0.4, 0.5) is 0 Å². The van der Waals surface area contributed by atoms with Crippen molar-refractivity contribution in [3.63, 3.8) is 0 Å². The van der Waals surface area contributed by atoms with Gasteiger partial charge in [-0.25, -0.2) is 0 Å². The van der Waals surface area contributed by atoms with E-state index < -0.39 is 6.29 Å². The van der Waals surface area contributed by atoms with Gasteiger partial charge in [0.2, 0.25) is 0 Å². The highest BCUT2D eigenvalue weighted by Gasteiger charge is 2.13. The Kier molecular flexibility index (Phi) is 2.05. The number of alkyl halides is 1.